The Bertz CT molecular complexity index is 627. The van der Waals surface area contributed by atoms with Crippen LogP contribution in [0.3, 0.4) is 0 Å². The molecule has 0 saturated carbocycles. The highest BCUT2D eigenvalue weighted by Gasteiger charge is 2.17. The van der Waals surface area contributed by atoms with Gasteiger partial charge in [0.1, 0.15) is 0 Å². The van der Waals surface area contributed by atoms with Crippen molar-refractivity contribution in [2.24, 2.45) is 4.99 Å². The molecule has 30 heavy (non-hydrogen) atoms. The minimum atomic E-state index is 0.705. The van der Waals surface area contributed by atoms with Gasteiger partial charge < -0.3 is 20.3 Å². The highest BCUT2D eigenvalue weighted by molar-refractivity contribution is 5.79. The molecule has 0 aliphatic carbocycles. The third kappa shape index (κ3) is 7.89. The van der Waals surface area contributed by atoms with Gasteiger partial charge in [-0.25, -0.2) is 4.99 Å². The summed E-state index contributed by atoms with van der Waals surface area (Å²) in [4.78, 5) is 9.87. The van der Waals surface area contributed by atoms with Crippen molar-refractivity contribution in [3.05, 3.63) is 35.4 Å². The number of morpholine rings is 1. The molecule has 1 aromatic carbocycles. The van der Waals surface area contributed by atoms with E-state index >= 15 is 0 Å². The van der Waals surface area contributed by atoms with E-state index in [0.717, 1.165) is 64.4 Å². The maximum Gasteiger partial charge on any atom is 0.191 e. The van der Waals surface area contributed by atoms with Crippen LogP contribution in [0.25, 0.3) is 0 Å². The minimum absolute atomic E-state index is 0.705. The molecule has 2 heterocycles. The second kappa shape index (κ2) is 12.9. The summed E-state index contributed by atoms with van der Waals surface area (Å²) in [5.41, 5.74) is 2.61. The smallest absolute Gasteiger partial charge is 0.191 e. The molecule has 0 radical (unpaired) electrons. The number of ether oxygens (including phenoxy) is 1. The molecular weight excluding hydrogens is 374 g/mol. The molecule has 1 aromatic rings. The zero-order chi connectivity index (χ0) is 21.0. The number of likely N-dealkylation sites (tertiary alicyclic amines) is 1. The molecule has 6 nitrogen and oxygen atoms in total. The molecule has 0 aromatic heterocycles. The summed E-state index contributed by atoms with van der Waals surface area (Å²) >= 11 is 0. The molecule has 1 unspecified atom stereocenters. The number of nitrogens with one attached hydrogen (secondary N) is 2. The van der Waals surface area contributed by atoms with Gasteiger partial charge in [0.25, 0.3) is 0 Å². The predicted octanol–water partition coefficient (Wildman–Crippen LogP) is 2.84. The summed E-state index contributed by atoms with van der Waals surface area (Å²) in [6.45, 7) is 14.2. The topological polar surface area (TPSA) is 52.1 Å². The van der Waals surface area contributed by atoms with Crippen molar-refractivity contribution in [1.82, 2.24) is 20.4 Å². The fourth-order valence-corrected chi connectivity index (χ4v) is 4.26. The molecule has 2 N–H and O–H groups in total. The third-order valence-corrected chi connectivity index (χ3v) is 6.15. The molecule has 3 rings (SSSR count). The lowest BCUT2D eigenvalue weighted by atomic mass is 10.0. The fraction of sp³-hybridized carbons (Fsp3) is 0.708. The standard InChI is InChI=1S/C24H41N5O/c1-3-25-24(26-12-6-14-29-13-5-4-7-21(29)2)27-19-22-8-10-23(11-9-22)20-28-15-17-30-18-16-28/h8-11,21H,3-7,12-20H2,1-2H3,(H2,25,26,27). The number of hydrogen-bond donors (Lipinski definition) is 2. The molecule has 2 fully saturated rings. The summed E-state index contributed by atoms with van der Waals surface area (Å²) in [5.74, 6) is 0.918. The summed E-state index contributed by atoms with van der Waals surface area (Å²) in [5, 5.41) is 6.88. The van der Waals surface area contributed by atoms with Crippen molar-refractivity contribution >= 4 is 5.96 Å². The molecule has 168 valence electrons. The third-order valence-electron chi connectivity index (χ3n) is 6.15. The number of piperidine rings is 1. The number of rotatable bonds is 9. The van der Waals surface area contributed by atoms with Gasteiger partial charge in [-0.15, -0.1) is 0 Å². The maximum absolute atomic E-state index is 5.43. The SMILES string of the molecule is CCNC(=NCc1ccc(CN2CCOCC2)cc1)NCCCN1CCCCC1C. The van der Waals surface area contributed by atoms with Crippen LogP contribution in [0.4, 0.5) is 0 Å². The van der Waals surface area contributed by atoms with E-state index in [1.807, 2.05) is 0 Å². The first-order chi connectivity index (χ1) is 14.7. The molecular formula is C24H41N5O. The van der Waals surface area contributed by atoms with Gasteiger partial charge in [-0.05, 0) is 50.8 Å². The Morgan fingerprint density at radius 3 is 2.57 bits per heavy atom. The molecule has 2 aliphatic rings. The second-order valence-electron chi connectivity index (χ2n) is 8.56. The van der Waals surface area contributed by atoms with Gasteiger partial charge in [0, 0.05) is 45.3 Å². The van der Waals surface area contributed by atoms with Crippen LogP contribution >= 0.6 is 0 Å². The summed E-state index contributed by atoms with van der Waals surface area (Å²) in [6.07, 6.45) is 5.25. The van der Waals surface area contributed by atoms with E-state index in [9.17, 15) is 0 Å². The van der Waals surface area contributed by atoms with E-state index in [2.05, 4.69) is 58.5 Å². The van der Waals surface area contributed by atoms with Gasteiger partial charge in [-0.2, -0.15) is 0 Å². The monoisotopic (exact) mass is 415 g/mol. The van der Waals surface area contributed by atoms with Gasteiger partial charge in [-0.1, -0.05) is 30.7 Å². The van der Waals surface area contributed by atoms with Gasteiger partial charge in [0.05, 0.1) is 19.8 Å². The highest BCUT2D eigenvalue weighted by Crippen LogP contribution is 2.16. The van der Waals surface area contributed by atoms with Crippen LogP contribution in [0, 0.1) is 0 Å². The van der Waals surface area contributed by atoms with Gasteiger partial charge in [0.2, 0.25) is 0 Å². The Labute approximate surface area is 183 Å². The van der Waals surface area contributed by atoms with E-state index in [0.29, 0.717) is 6.54 Å². The first-order valence-electron chi connectivity index (χ1n) is 11.9. The molecule has 1 atom stereocenters. The molecule has 0 spiro atoms. The molecule has 0 bridgehead atoms. The van der Waals surface area contributed by atoms with Crippen molar-refractivity contribution in [3.8, 4) is 0 Å². The largest absolute Gasteiger partial charge is 0.379 e. The van der Waals surface area contributed by atoms with E-state index < -0.39 is 0 Å². The van der Waals surface area contributed by atoms with Crippen LogP contribution in [0.5, 0.6) is 0 Å². The van der Waals surface area contributed by atoms with Crippen LogP contribution in [0.2, 0.25) is 0 Å². The normalized spacial score (nSPS) is 21.5. The van der Waals surface area contributed by atoms with Gasteiger partial charge in [0.15, 0.2) is 5.96 Å². The predicted molar refractivity (Wildman–Crippen MR) is 125 cm³/mol. The average molecular weight is 416 g/mol. The summed E-state index contributed by atoms with van der Waals surface area (Å²) in [7, 11) is 0. The zero-order valence-electron chi connectivity index (χ0n) is 19.0. The number of nitrogens with zero attached hydrogens (tertiary/aromatic N) is 3. The van der Waals surface area contributed by atoms with Crippen LogP contribution < -0.4 is 10.6 Å². The molecule has 2 aliphatic heterocycles. The fourth-order valence-electron chi connectivity index (χ4n) is 4.26. The van der Waals surface area contributed by atoms with Crippen LogP contribution in [0.15, 0.2) is 29.3 Å². The number of guanidine groups is 1. The maximum atomic E-state index is 5.43. The van der Waals surface area contributed by atoms with Crippen LogP contribution in [-0.4, -0.2) is 74.3 Å². The van der Waals surface area contributed by atoms with Crippen LogP contribution in [-0.2, 0) is 17.8 Å². The van der Waals surface area contributed by atoms with Gasteiger partial charge >= 0.3 is 0 Å². The quantitative estimate of drug-likeness (QED) is 0.369. The first-order valence-corrected chi connectivity index (χ1v) is 11.9. The van der Waals surface area contributed by atoms with E-state index in [4.69, 9.17) is 9.73 Å². The Hall–Kier alpha value is -1.63. The number of hydrogen-bond acceptors (Lipinski definition) is 4. The Balaban J connectivity index is 1.40. The second-order valence-corrected chi connectivity index (χ2v) is 8.56. The van der Waals surface area contributed by atoms with E-state index in [1.165, 1.54) is 43.5 Å². The van der Waals surface area contributed by atoms with Crippen molar-refractivity contribution in [2.45, 2.75) is 58.7 Å². The lowest BCUT2D eigenvalue weighted by Gasteiger charge is -2.33. The lowest BCUT2D eigenvalue weighted by molar-refractivity contribution is 0.0342. The van der Waals surface area contributed by atoms with Crippen LogP contribution in [0.1, 0.15) is 50.7 Å². The van der Waals surface area contributed by atoms with Crippen molar-refractivity contribution in [3.63, 3.8) is 0 Å². The summed E-state index contributed by atoms with van der Waals surface area (Å²) in [6, 6.07) is 9.63. The number of aliphatic imine (C=N–C) groups is 1. The Kier molecular flexibility index (Phi) is 9.93. The van der Waals surface area contributed by atoms with Crippen molar-refractivity contribution in [2.75, 3.05) is 52.5 Å². The van der Waals surface area contributed by atoms with Crippen molar-refractivity contribution < 1.29 is 4.74 Å². The van der Waals surface area contributed by atoms with Gasteiger partial charge in [-0.3, -0.25) is 4.90 Å². The lowest BCUT2D eigenvalue weighted by Crippen LogP contribution is -2.41. The Morgan fingerprint density at radius 1 is 1.07 bits per heavy atom. The van der Waals surface area contributed by atoms with E-state index in [1.54, 1.807) is 0 Å². The first kappa shape index (κ1) is 23.0. The van der Waals surface area contributed by atoms with E-state index in [-0.39, 0.29) is 0 Å². The number of benzene rings is 1. The Morgan fingerprint density at radius 2 is 1.83 bits per heavy atom. The zero-order valence-corrected chi connectivity index (χ0v) is 19.0. The molecule has 2 saturated heterocycles. The average Bonchev–Trinajstić information content (AvgIpc) is 2.78. The highest BCUT2D eigenvalue weighted by atomic mass is 16.5. The molecule has 0 amide bonds. The summed E-state index contributed by atoms with van der Waals surface area (Å²) < 4.78 is 5.43. The minimum Gasteiger partial charge on any atom is -0.379 e. The van der Waals surface area contributed by atoms with Crippen molar-refractivity contribution in [1.29, 1.82) is 0 Å². The molecule has 6 heteroatoms.